The minimum atomic E-state index is -2.98. The predicted octanol–water partition coefficient (Wildman–Crippen LogP) is -1.14. The maximum absolute atomic E-state index is 11.5. The first-order valence-corrected chi connectivity index (χ1v) is 8.60. The fourth-order valence-corrected chi connectivity index (χ4v) is 5.14. The summed E-state index contributed by atoms with van der Waals surface area (Å²) in [5, 5.41) is 20.1. The summed E-state index contributed by atoms with van der Waals surface area (Å²) < 4.78 is 22.4. The van der Waals surface area contributed by atoms with Gasteiger partial charge in [-0.25, -0.2) is 13.2 Å². The molecule has 9 heteroatoms. The number of carboxylic acids is 1. The van der Waals surface area contributed by atoms with E-state index in [1.807, 2.05) is 0 Å². The number of carbonyl (C=O) groups is 2. The second-order valence-corrected chi connectivity index (χ2v) is 7.98. The third-order valence-corrected chi connectivity index (χ3v) is 5.99. The molecule has 0 aromatic rings. The van der Waals surface area contributed by atoms with Crippen molar-refractivity contribution in [2.45, 2.75) is 30.7 Å². The number of hydrogen-bond donors (Lipinski definition) is 3. The Morgan fingerprint density at radius 2 is 2.11 bits per heavy atom. The maximum Gasteiger partial charge on any atom is 0.328 e. The Bertz CT molecular complexity index is 447. The standard InChI is InChI=1S/C10H17NO6S2/c1-6(12)9(10(14)15)11-8(13)4-18-7-2-3-19(16,17)5-7/h6-7,9,12H,2-5H2,1H3,(H,11,13)(H,14,15). The van der Waals surface area contributed by atoms with Crippen LogP contribution in [-0.4, -0.2) is 65.2 Å². The quantitative estimate of drug-likeness (QED) is 0.567. The van der Waals surface area contributed by atoms with Crippen molar-refractivity contribution in [3.63, 3.8) is 0 Å². The number of aliphatic hydroxyl groups is 1. The second-order valence-electron chi connectivity index (χ2n) is 4.46. The highest BCUT2D eigenvalue weighted by atomic mass is 32.2. The molecule has 0 spiro atoms. The minimum Gasteiger partial charge on any atom is -0.480 e. The van der Waals surface area contributed by atoms with E-state index in [4.69, 9.17) is 5.11 Å². The first kappa shape index (κ1) is 16.3. The van der Waals surface area contributed by atoms with Crippen molar-refractivity contribution in [3.05, 3.63) is 0 Å². The third-order valence-electron chi connectivity index (χ3n) is 2.71. The van der Waals surface area contributed by atoms with Crippen LogP contribution < -0.4 is 5.32 Å². The van der Waals surface area contributed by atoms with Crippen LogP contribution in [-0.2, 0) is 19.4 Å². The van der Waals surface area contributed by atoms with Gasteiger partial charge in [0, 0.05) is 5.25 Å². The molecule has 19 heavy (non-hydrogen) atoms. The van der Waals surface area contributed by atoms with Gasteiger partial charge in [0.1, 0.15) is 0 Å². The van der Waals surface area contributed by atoms with Crippen molar-refractivity contribution < 1.29 is 28.2 Å². The smallest absolute Gasteiger partial charge is 0.328 e. The van der Waals surface area contributed by atoms with Gasteiger partial charge in [0.2, 0.25) is 5.91 Å². The van der Waals surface area contributed by atoms with Gasteiger partial charge in [-0.1, -0.05) is 0 Å². The molecule has 1 saturated heterocycles. The fraction of sp³-hybridized carbons (Fsp3) is 0.800. The highest BCUT2D eigenvalue weighted by Gasteiger charge is 2.29. The molecule has 1 fully saturated rings. The van der Waals surface area contributed by atoms with Gasteiger partial charge < -0.3 is 15.5 Å². The van der Waals surface area contributed by atoms with Gasteiger partial charge in [0.25, 0.3) is 0 Å². The highest BCUT2D eigenvalue weighted by Crippen LogP contribution is 2.23. The van der Waals surface area contributed by atoms with Crippen LogP contribution in [0.1, 0.15) is 13.3 Å². The molecule has 1 heterocycles. The van der Waals surface area contributed by atoms with Crippen molar-refractivity contribution >= 4 is 33.5 Å². The van der Waals surface area contributed by atoms with Gasteiger partial charge in [0.15, 0.2) is 15.9 Å². The Morgan fingerprint density at radius 3 is 2.53 bits per heavy atom. The van der Waals surface area contributed by atoms with Crippen molar-refractivity contribution in [3.8, 4) is 0 Å². The molecule has 0 aromatic carbocycles. The Hall–Kier alpha value is -0.800. The van der Waals surface area contributed by atoms with Gasteiger partial charge in [-0.3, -0.25) is 4.79 Å². The summed E-state index contributed by atoms with van der Waals surface area (Å²) in [4.78, 5) is 22.3. The molecule has 1 rings (SSSR count). The van der Waals surface area contributed by atoms with Crippen molar-refractivity contribution in [2.24, 2.45) is 0 Å². The topological polar surface area (TPSA) is 121 Å². The molecular formula is C10H17NO6S2. The van der Waals surface area contributed by atoms with E-state index in [1.54, 1.807) is 0 Å². The normalized spacial score (nSPS) is 24.6. The van der Waals surface area contributed by atoms with Crippen LogP contribution in [0.3, 0.4) is 0 Å². The average Bonchev–Trinajstić information content (AvgIpc) is 2.62. The lowest BCUT2D eigenvalue weighted by Gasteiger charge is -2.17. The zero-order valence-electron chi connectivity index (χ0n) is 10.4. The number of carbonyl (C=O) groups excluding carboxylic acids is 1. The molecule has 1 aliphatic rings. The summed E-state index contributed by atoms with van der Waals surface area (Å²) in [6.07, 6.45) is -0.683. The van der Waals surface area contributed by atoms with Crippen LogP contribution in [0.2, 0.25) is 0 Å². The monoisotopic (exact) mass is 311 g/mol. The van der Waals surface area contributed by atoms with Crippen LogP contribution in [0.4, 0.5) is 0 Å². The number of nitrogens with one attached hydrogen (secondary N) is 1. The van der Waals surface area contributed by atoms with Crippen LogP contribution in [0.25, 0.3) is 0 Å². The molecule has 0 aromatic heterocycles. The van der Waals surface area contributed by atoms with E-state index in [0.29, 0.717) is 6.42 Å². The van der Waals surface area contributed by atoms with Gasteiger partial charge >= 0.3 is 5.97 Å². The van der Waals surface area contributed by atoms with Crippen LogP contribution in [0.15, 0.2) is 0 Å². The Balaban J connectivity index is 2.38. The van der Waals surface area contributed by atoms with Crippen molar-refractivity contribution in [1.29, 1.82) is 0 Å². The van der Waals surface area contributed by atoms with Crippen LogP contribution in [0, 0.1) is 0 Å². The van der Waals surface area contributed by atoms with E-state index in [-0.39, 0.29) is 22.5 Å². The summed E-state index contributed by atoms with van der Waals surface area (Å²) in [7, 11) is -2.98. The predicted molar refractivity (Wildman–Crippen MR) is 70.8 cm³/mol. The fourth-order valence-electron chi connectivity index (χ4n) is 1.69. The first-order valence-electron chi connectivity index (χ1n) is 5.73. The molecule has 3 unspecified atom stereocenters. The zero-order valence-corrected chi connectivity index (χ0v) is 12.0. The highest BCUT2D eigenvalue weighted by molar-refractivity contribution is 8.02. The lowest BCUT2D eigenvalue weighted by atomic mass is 10.2. The van der Waals surface area contributed by atoms with Crippen LogP contribution >= 0.6 is 11.8 Å². The van der Waals surface area contributed by atoms with Crippen molar-refractivity contribution in [1.82, 2.24) is 5.32 Å². The van der Waals surface area contributed by atoms with E-state index in [1.165, 1.54) is 18.7 Å². The van der Waals surface area contributed by atoms with Gasteiger partial charge in [-0.05, 0) is 13.3 Å². The SMILES string of the molecule is CC(O)C(NC(=O)CSC1CCS(=O)(=O)C1)C(=O)O. The van der Waals surface area contributed by atoms with Gasteiger partial charge in [0.05, 0.1) is 23.4 Å². The number of aliphatic carboxylic acids is 1. The van der Waals surface area contributed by atoms with E-state index in [9.17, 15) is 23.1 Å². The van der Waals surface area contributed by atoms with Gasteiger partial charge in [-0.2, -0.15) is 0 Å². The van der Waals surface area contributed by atoms with Crippen LogP contribution in [0.5, 0.6) is 0 Å². The molecule has 0 aliphatic carbocycles. The van der Waals surface area contributed by atoms with Gasteiger partial charge in [-0.15, -0.1) is 11.8 Å². The first-order chi connectivity index (χ1) is 8.71. The summed E-state index contributed by atoms with van der Waals surface area (Å²) in [5.41, 5.74) is 0. The molecule has 3 N–H and O–H groups in total. The lowest BCUT2D eigenvalue weighted by Crippen LogP contribution is -2.48. The minimum absolute atomic E-state index is 0.0172. The lowest BCUT2D eigenvalue weighted by molar-refractivity contribution is -0.144. The maximum atomic E-state index is 11.5. The number of carboxylic acid groups (broad SMARTS) is 1. The number of hydrogen-bond acceptors (Lipinski definition) is 6. The molecular weight excluding hydrogens is 294 g/mol. The molecule has 0 radical (unpaired) electrons. The Labute approximate surface area is 115 Å². The number of thioether (sulfide) groups is 1. The number of aliphatic hydroxyl groups excluding tert-OH is 1. The Kier molecular flexibility index (Phi) is 5.63. The zero-order chi connectivity index (χ0) is 14.6. The summed E-state index contributed by atoms with van der Waals surface area (Å²) >= 11 is 1.19. The summed E-state index contributed by atoms with van der Waals surface area (Å²) in [6, 6.07) is -1.35. The van der Waals surface area contributed by atoms with E-state index in [0.717, 1.165) is 0 Å². The molecule has 3 atom stereocenters. The van der Waals surface area contributed by atoms with E-state index < -0.39 is 33.9 Å². The number of sulfone groups is 1. The average molecular weight is 311 g/mol. The molecule has 0 bridgehead atoms. The van der Waals surface area contributed by atoms with E-state index in [2.05, 4.69) is 5.32 Å². The number of amides is 1. The number of rotatable bonds is 6. The largest absolute Gasteiger partial charge is 0.480 e. The summed E-state index contributed by atoms with van der Waals surface area (Å²) in [6.45, 7) is 1.27. The third kappa shape index (κ3) is 5.37. The molecule has 1 aliphatic heterocycles. The van der Waals surface area contributed by atoms with Crippen molar-refractivity contribution in [2.75, 3.05) is 17.3 Å². The summed E-state index contributed by atoms with van der Waals surface area (Å²) in [5.74, 6) is -1.66. The van der Waals surface area contributed by atoms with E-state index >= 15 is 0 Å². The molecule has 0 saturated carbocycles. The molecule has 1 amide bonds. The molecule has 110 valence electrons. The second kappa shape index (κ2) is 6.58. The molecule has 7 nitrogen and oxygen atoms in total. The Morgan fingerprint density at radius 1 is 1.47 bits per heavy atom.